The summed E-state index contributed by atoms with van der Waals surface area (Å²) in [6, 6.07) is 9.36. The number of H-pyrrole nitrogens is 1. The highest BCUT2D eigenvalue weighted by Gasteiger charge is 2.24. The van der Waals surface area contributed by atoms with Crippen molar-refractivity contribution in [2.24, 2.45) is 0 Å². The zero-order chi connectivity index (χ0) is 17.2. The number of amides is 1. The Hall–Kier alpha value is -2.80. The predicted octanol–water partition coefficient (Wildman–Crippen LogP) is 2.05. The molecule has 1 aromatic carbocycles. The molecule has 1 saturated heterocycles. The summed E-state index contributed by atoms with van der Waals surface area (Å²) in [6.07, 6.45) is 2.51. The highest BCUT2D eigenvalue weighted by atomic mass is 19.1. The largest absolute Gasteiger partial charge is 0.341 e. The van der Waals surface area contributed by atoms with Crippen molar-refractivity contribution in [3.8, 4) is 0 Å². The number of rotatable bonds is 3. The lowest BCUT2D eigenvalue weighted by atomic mass is 10.2. The third kappa shape index (κ3) is 3.23. The van der Waals surface area contributed by atoms with Crippen LogP contribution in [0.2, 0.25) is 0 Å². The molecule has 0 unspecified atom stereocenters. The van der Waals surface area contributed by atoms with E-state index in [4.69, 9.17) is 0 Å². The normalized spacial score (nSPS) is 15.6. The average molecular weight is 339 g/mol. The SMILES string of the molecule is O=C(c1ccncc1F)N1CCN(Cc2nc3ccccc3[nH]2)CC1. The number of carbonyl (C=O) groups excluding carboxylic acids is 1. The molecule has 1 amide bonds. The fourth-order valence-corrected chi connectivity index (χ4v) is 3.12. The van der Waals surface area contributed by atoms with Gasteiger partial charge in [-0.3, -0.25) is 14.7 Å². The van der Waals surface area contributed by atoms with Gasteiger partial charge >= 0.3 is 0 Å². The second kappa shape index (κ2) is 6.60. The molecule has 3 aromatic rings. The Morgan fingerprint density at radius 3 is 2.72 bits per heavy atom. The summed E-state index contributed by atoms with van der Waals surface area (Å²) in [5, 5.41) is 0. The van der Waals surface area contributed by atoms with E-state index in [0.717, 1.165) is 36.1 Å². The molecule has 4 rings (SSSR count). The number of nitrogens with zero attached hydrogens (tertiary/aromatic N) is 4. The van der Waals surface area contributed by atoms with Gasteiger partial charge in [-0.05, 0) is 18.2 Å². The topological polar surface area (TPSA) is 65.1 Å². The molecular weight excluding hydrogens is 321 g/mol. The second-order valence-corrected chi connectivity index (χ2v) is 6.12. The van der Waals surface area contributed by atoms with Crippen molar-refractivity contribution in [3.05, 3.63) is 59.9 Å². The van der Waals surface area contributed by atoms with Crippen LogP contribution in [-0.2, 0) is 6.54 Å². The van der Waals surface area contributed by atoms with Gasteiger partial charge in [0.25, 0.3) is 5.91 Å². The third-order valence-corrected chi connectivity index (χ3v) is 4.47. The lowest BCUT2D eigenvalue weighted by molar-refractivity contribution is 0.0621. The number of pyridine rings is 1. The molecule has 1 N–H and O–H groups in total. The Balaban J connectivity index is 1.38. The molecule has 7 heteroatoms. The Bertz CT molecular complexity index is 868. The maximum Gasteiger partial charge on any atom is 0.257 e. The maximum atomic E-state index is 13.7. The number of carbonyl (C=O) groups is 1. The van der Waals surface area contributed by atoms with Gasteiger partial charge in [0, 0.05) is 32.4 Å². The number of piperazine rings is 1. The number of hydrogen-bond donors (Lipinski definition) is 1. The first-order chi connectivity index (χ1) is 12.2. The second-order valence-electron chi connectivity index (χ2n) is 6.12. The van der Waals surface area contributed by atoms with Gasteiger partial charge in [-0.2, -0.15) is 0 Å². The number of para-hydroxylation sites is 2. The number of benzene rings is 1. The van der Waals surface area contributed by atoms with Crippen molar-refractivity contribution in [3.63, 3.8) is 0 Å². The summed E-state index contributed by atoms with van der Waals surface area (Å²) in [5.41, 5.74) is 2.07. The monoisotopic (exact) mass is 339 g/mol. The summed E-state index contributed by atoms with van der Waals surface area (Å²) in [6.45, 7) is 3.31. The van der Waals surface area contributed by atoms with E-state index in [2.05, 4.69) is 19.9 Å². The zero-order valence-corrected chi connectivity index (χ0v) is 13.7. The van der Waals surface area contributed by atoms with Gasteiger partial charge in [0.1, 0.15) is 5.82 Å². The van der Waals surface area contributed by atoms with Gasteiger partial charge < -0.3 is 9.88 Å². The molecule has 0 bridgehead atoms. The van der Waals surface area contributed by atoms with E-state index < -0.39 is 5.82 Å². The summed E-state index contributed by atoms with van der Waals surface area (Å²) < 4.78 is 13.7. The van der Waals surface area contributed by atoms with E-state index in [1.165, 1.54) is 12.3 Å². The Morgan fingerprint density at radius 2 is 1.96 bits per heavy atom. The van der Waals surface area contributed by atoms with Crippen LogP contribution in [0, 0.1) is 5.82 Å². The van der Waals surface area contributed by atoms with Crippen LogP contribution in [0.4, 0.5) is 4.39 Å². The molecule has 25 heavy (non-hydrogen) atoms. The molecule has 3 heterocycles. The van der Waals surface area contributed by atoms with E-state index in [9.17, 15) is 9.18 Å². The Kier molecular flexibility index (Phi) is 4.15. The van der Waals surface area contributed by atoms with Gasteiger partial charge in [-0.15, -0.1) is 0 Å². The lowest BCUT2D eigenvalue weighted by Gasteiger charge is -2.34. The van der Waals surface area contributed by atoms with Gasteiger partial charge in [0.15, 0.2) is 5.82 Å². The van der Waals surface area contributed by atoms with Crippen LogP contribution in [-0.4, -0.2) is 56.8 Å². The van der Waals surface area contributed by atoms with Crippen LogP contribution < -0.4 is 0 Å². The molecule has 0 aliphatic carbocycles. The molecule has 1 fully saturated rings. The fourth-order valence-electron chi connectivity index (χ4n) is 3.12. The first-order valence-electron chi connectivity index (χ1n) is 8.25. The molecule has 1 aliphatic heterocycles. The van der Waals surface area contributed by atoms with Crippen LogP contribution in [0.3, 0.4) is 0 Å². The molecule has 128 valence electrons. The van der Waals surface area contributed by atoms with E-state index in [-0.39, 0.29) is 11.5 Å². The van der Waals surface area contributed by atoms with Crippen molar-refractivity contribution in [2.45, 2.75) is 6.54 Å². The minimum Gasteiger partial charge on any atom is -0.341 e. The van der Waals surface area contributed by atoms with Crippen molar-refractivity contribution in [1.29, 1.82) is 0 Å². The van der Waals surface area contributed by atoms with Crippen molar-refractivity contribution < 1.29 is 9.18 Å². The predicted molar refractivity (Wildman–Crippen MR) is 91.5 cm³/mol. The summed E-state index contributed by atoms with van der Waals surface area (Å²) >= 11 is 0. The van der Waals surface area contributed by atoms with Crippen LogP contribution in [0.5, 0.6) is 0 Å². The molecule has 2 aromatic heterocycles. The minimum atomic E-state index is -0.572. The molecule has 0 spiro atoms. The van der Waals surface area contributed by atoms with E-state index in [1.807, 2.05) is 24.3 Å². The van der Waals surface area contributed by atoms with Crippen molar-refractivity contribution in [2.75, 3.05) is 26.2 Å². The van der Waals surface area contributed by atoms with Gasteiger partial charge in [-0.25, -0.2) is 9.37 Å². The standard InChI is InChI=1S/C18H18FN5O/c19-14-11-20-6-5-13(14)18(25)24-9-7-23(8-10-24)12-17-21-15-3-1-2-4-16(15)22-17/h1-6,11H,7-10,12H2,(H,21,22). The molecule has 6 nitrogen and oxygen atoms in total. The number of nitrogens with one attached hydrogen (secondary N) is 1. The van der Waals surface area contributed by atoms with E-state index >= 15 is 0 Å². The Labute approximate surface area is 144 Å². The van der Waals surface area contributed by atoms with E-state index in [0.29, 0.717) is 19.6 Å². The molecular formula is C18H18FN5O. The molecule has 1 aliphatic rings. The van der Waals surface area contributed by atoms with Crippen LogP contribution in [0.15, 0.2) is 42.7 Å². The van der Waals surface area contributed by atoms with Gasteiger partial charge in [-0.1, -0.05) is 12.1 Å². The number of aromatic nitrogens is 3. The molecule has 0 radical (unpaired) electrons. The number of aromatic amines is 1. The van der Waals surface area contributed by atoms with Gasteiger partial charge in [0.05, 0.1) is 29.3 Å². The quantitative estimate of drug-likeness (QED) is 0.793. The first-order valence-corrected chi connectivity index (χ1v) is 8.25. The smallest absolute Gasteiger partial charge is 0.257 e. The van der Waals surface area contributed by atoms with E-state index in [1.54, 1.807) is 4.90 Å². The zero-order valence-electron chi connectivity index (χ0n) is 13.7. The highest BCUT2D eigenvalue weighted by molar-refractivity contribution is 5.94. The van der Waals surface area contributed by atoms with Crippen molar-refractivity contribution >= 4 is 16.9 Å². The van der Waals surface area contributed by atoms with Crippen LogP contribution in [0.25, 0.3) is 11.0 Å². The van der Waals surface area contributed by atoms with Crippen LogP contribution >= 0.6 is 0 Å². The number of imidazole rings is 1. The highest BCUT2D eigenvalue weighted by Crippen LogP contribution is 2.15. The lowest BCUT2D eigenvalue weighted by Crippen LogP contribution is -2.48. The molecule has 0 atom stereocenters. The van der Waals surface area contributed by atoms with Gasteiger partial charge in [0.2, 0.25) is 0 Å². The maximum absolute atomic E-state index is 13.7. The molecule has 0 saturated carbocycles. The first kappa shape index (κ1) is 15.7. The summed E-state index contributed by atoms with van der Waals surface area (Å²) in [5.74, 6) is 0.0710. The number of halogens is 1. The van der Waals surface area contributed by atoms with Crippen molar-refractivity contribution in [1.82, 2.24) is 24.8 Å². The fraction of sp³-hybridized carbons (Fsp3) is 0.278. The summed E-state index contributed by atoms with van der Waals surface area (Å²) in [4.78, 5) is 27.9. The van der Waals surface area contributed by atoms with Crippen LogP contribution in [0.1, 0.15) is 16.2 Å². The number of fused-ring (bicyclic) bond motifs is 1. The average Bonchev–Trinajstić information content (AvgIpc) is 3.04. The Morgan fingerprint density at radius 1 is 1.16 bits per heavy atom. The number of hydrogen-bond acceptors (Lipinski definition) is 4. The minimum absolute atomic E-state index is 0.0840. The summed E-state index contributed by atoms with van der Waals surface area (Å²) in [7, 11) is 0. The third-order valence-electron chi connectivity index (χ3n) is 4.47.